The first-order chi connectivity index (χ1) is 8.87. The summed E-state index contributed by atoms with van der Waals surface area (Å²) in [5, 5.41) is 11.7. The van der Waals surface area contributed by atoms with Crippen molar-refractivity contribution in [2.24, 2.45) is 0 Å². The Labute approximate surface area is 112 Å². The predicted octanol–water partition coefficient (Wildman–Crippen LogP) is 0.318. The fourth-order valence-electron chi connectivity index (χ4n) is 1.38. The maximum absolute atomic E-state index is 11.3. The second-order valence-corrected chi connectivity index (χ2v) is 6.37. The van der Waals surface area contributed by atoms with E-state index >= 15 is 0 Å². The van der Waals surface area contributed by atoms with Crippen molar-refractivity contribution in [3.63, 3.8) is 0 Å². The summed E-state index contributed by atoms with van der Waals surface area (Å²) in [5.41, 5.74) is 0.842. The van der Waals surface area contributed by atoms with Gasteiger partial charge in [-0.3, -0.25) is 0 Å². The summed E-state index contributed by atoms with van der Waals surface area (Å²) in [6.45, 7) is -0.0461. The van der Waals surface area contributed by atoms with Gasteiger partial charge in [0.25, 0.3) is 0 Å². The zero-order valence-electron chi connectivity index (χ0n) is 10.6. The van der Waals surface area contributed by atoms with Crippen molar-refractivity contribution in [1.82, 2.24) is 5.32 Å². The van der Waals surface area contributed by atoms with Crippen molar-refractivity contribution in [3.05, 3.63) is 35.9 Å². The van der Waals surface area contributed by atoms with Crippen LogP contribution in [0, 0.1) is 0 Å². The van der Waals surface area contributed by atoms with Crippen LogP contribution in [0.4, 0.5) is 4.79 Å². The molecule has 1 rings (SSSR count). The summed E-state index contributed by atoms with van der Waals surface area (Å²) < 4.78 is 26.7. The van der Waals surface area contributed by atoms with Crippen LogP contribution < -0.4 is 5.32 Å². The average Bonchev–Trinajstić information content (AvgIpc) is 2.33. The van der Waals surface area contributed by atoms with Gasteiger partial charge in [0, 0.05) is 12.8 Å². The van der Waals surface area contributed by atoms with Gasteiger partial charge >= 0.3 is 6.09 Å². The number of rotatable bonds is 6. The summed E-state index contributed by atoms with van der Waals surface area (Å²) >= 11 is 0. The van der Waals surface area contributed by atoms with Gasteiger partial charge in [-0.05, 0) is 5.56 Å². The van der Waals surface area contributed by atoms with Crippen molar-refractivity contribution in [3.8, 4) is 0 Å². The van der Waals surface area contributed by atoms with E-state index in [2.05, 4.69) is 5.32 Å². The first-order valence-corrected chi connectivity index (χ1v) is 7.73. The van der Waals surface area contributed by atoms with E-state index in [0.717, 1.165) is 11.8 Å². The Kier molecular flexibility index (Phi) is 5.78. The Balaban J connectivity index is 2.25. The van der Waals surface area contributed by atoms with Crippen LogP contribution in [0.2, 0.25) is 0 Å². The first kappa shape index (κ1) is 15.5. The number of hydrogen-bond acceptors (Lipinski definition) is 5. The molecular weight excluding hydrogens is 270 g/mol. The van der Waals surface area contributed by atoms with E-state index in [1.807, 2.05) is 30.3 Å². The molecule has 19 heavy (non-hydrogen) atoms. The molecule has 1 atom stereocenters. The highest BCUT2D eigenvalue weighted by Gasteiger charge is 2.13. The van der Waals surface area contributed by atoms with Gasteiger partial charge in [-0.1, -0.05) is 30.3 Å². The molecule has 6 nitrogen and oxygen atoms in total. The number of ether oxygens (including phenoxy) is 1. The fourth-order valence-corrected chi connectivity index (χ4v) is 2.20. The standard InChI is InChI=1S/C12H17NO5S/c1-19(16,17)9-11(14)7-13-12(15)18-8-10-5-3-2-4-6-10/h2-6,11,14H,7-9H2,1H3,(H,13,15). The molecule has 0 spiro atoms. The summed E-state index contributed by atoms with van der Waals surface area (Å²) in [6, 6.07) is 9.13. The van der Waals surface area contributed by atoms with Crippen LogP contribution in [0.15, 0.2) is 30.3 Å². The maximum atomic E-state index is 11.3. The molecule has 0 saturated carbocycles. The van der Waals surface area contributed by atoms with Crippen LogP contribution in [0.5, 0.6) is 0 Å². The quantitative estimate of drug-likeness (QED) is 0.786. The summed E-state index contributed by atoms with van der Waals surface area (Å²) in [6.07, 6.45) is -0.820. The molecule has 0 aliphatic rings. The number of hydrogen-bond donors (Lipinski definition) is 2. The number of alkyl carbamates (subject to hydrolysis) is 1. The topological polar surface area (TPSA) is 92.7 Å². The lowest BCUT2D eigenvalue weighted by atomic mass is 10.2. The van der Waals surface area contributed by atoms with Crippen molar-refractivity contribution < 1.29 is 23.1 Å². The third-order valence-corrected chi connectivity index (χ3v) is 3.18. The predicted molar refractivity (Wildman–Crippen MR) is 70.3 cm³/mol. The van der Waals surface area contributed by atoms with Gasteiger partial charge in [-0.2, -0.15) is 0 Å². The number of amides is 1. The summed E-state index contributed by atoms with van der Waals surface area (Å²) in [7, 11) is -3.27. The Bertz CT molecular complexity index is 500. The molecule has 0 radical (unpaired) electrons. The van der Waals surface area contributed by atoms with Crippen molar-refractivity contribution in [2.75, 3.05) is 18.6 Å². The molecule has 1 amide bonds. The minimum absolute atomic E-state index is 0.120. The zero-order chi connectivity index (χ0) is 14.3. The van der Waals surface area contributed by atoms with E-state index in [1.54, 1.807) is 0 Å². The van der Waals surface area contributed by atoms with Crippen LogP contribution in [0.3, 0.4) is 0 Å². The molecule has 2 N–H and O–H groups in total. The molecule has 106 valence electrons. The van der Waals surface area contributed by atoms with Gasteiger partial charge in [0.15, 0.2) is 0 Å². The van der Waals surface area contributed by atoms with Gasteiger partial charge in [-0.25, -0.2) is 13.2 Å². The highest BCUT2D eigenvalue weighted by atomic mass is 32.2. The van der Waals surface area contributed by atoms with Gasteiger partial charge in [0.2, 0.25) is 0 Å². The number of carbonyl (C=O) groups is 1. The van der Waals surface area contributed by atoms with Gasteiger partial charge in [0.05, 0.1) is 11.9 Å². The molecule has 1 unspecified atom stereocenters. The molecule has 0 aliphatic heterocycles. The number of aliphatic hydroxyl groups is 1. The van der Waals surface area contributed by atoms with E-state index in [-0.39, 0.29) is 13.2 Å². The number of nitrogens with one attached hydrogen (secondary N) is 1. The van der Waals surface area contributed by atoms with E-state index in [4.69, 9.17) is 4.74 Å². The lowest BCUT2D eigenvalue weighted by Crippen LogP contribution is -2.36. The van der Waals surface area contributed by atoms with E-state index in [0.29, 0.717) is 0 Å². The monoisotopic (exact) mass is 287 g/mol. The molecule has 0 bridgehead atoms. The Hall–Kier alpha value is -1.60. The Morgan fingerprint density at radius 1 is 1.37 bits per heavy atom. The van der Waals surface area contributed by atoms with Crippen LogP contribution in [-0.4, -0.2) is 44.3 Å². The minimum atomic E-state index is -3.27. The normalized spacial score (nSPS) is 12.7. The second kappa shape index (κ2) is 7.10. The van der Waals surface area contributed by atoms with Crippen molar-refractivity contribution in [1.29, 1.82) is 0 Å². The molecule has 0 aromatic heterocycles. The molecule has 1 aromatic rings. The molecule has 0 heterocycles. The zero-order valence-corrected chi connectivity index (χ0v) is 11.4. The second-order valence-electron chi connectivity index (χ2n) is 4.19. The van der Waals surface area contributed by atoms with Crippen molar-refractivity contribution in [2.45, 2.75) is 12.7 Å². The lowest BCUT2D eigenvalue weighted by Gasteiger charge is -2.11. The van der Waals surface area contributed by atoms with Crippen molar-refractivity contribution >= 4 is 15.9 Å². The average molecular weight is 287 g/mol. The summed E-state index contributed by atoms with van der Waals surface area (Å²) in [4.78, 5) is 11.3. The van der Waals surface area contributed by atoms with Gasteiger partial charge in [-0.15, -0.1) is 0 Å². The van der Waals surface area contributed by atoms with Crippen LogP contribution >= 0.6 is 0 Å². The highest BCUT2D eigenvalue weighted by Crippen LogP contribution is 2.00. The number of carbonyl (C=O) groups excluding carboxylic acids is 1. The fraction of sp³-hybridized carbons (Fsp3) is 0.417. The molecule has 0 fully saturated rings. The van der Waals surface area contributed by atoms with Crippen LogP contribution in [0.25, 0.3) is 0 Å². The highest BCUT2D eigenvalue weighted by molar-refractivity contribution is 7.90. The van der Waals surface area contributed by atoms with E-state index in [9.17, 15) is 18.3 Å². The maximum Gasteiger partial charge on any atom is 0.407 e. The van der Waals surface area contributed by atoms with Crippen LogP contribution in [-0.2, 0) is 21.2 Å². The smallest absolute Gasteiger partial charge is 0.407 e. The molecule has 7 heteroatoms. The summed E-state index contributed by atoms with van der Waals surface area (Å²) in [5.74, 6) is -0.397. The Morgan fingerprint density at radius 3 is 2.58 bits per heavy atom. The first-order valence-electron chi connectivity index (χ1n) is 5.67. The largest absolute Gasteiger partial charge is 0.445 e. The van der Waals surface area contributed by atoms with Crippen LogP contribution in [0.1, 0.15) is 5.56 Å². The molecule has 0 aliphatic carbocycles. The van der Waals surface area contributed by atoms with E-state index < -0.39 is 27.8 Å². The number of sulfone groups is 1. The third kappa shape index (κ3) is 7.43. The van der Waals surface area contributed by atoms with Gasteiger partial charge in [0.1, 0.15) is 16.4 Å². The molecule has 1 aromatic carbocycles. The SMILES string of the molecule is CS(=O)(=O)CC(O)CNC(=O)OCc1ccccc1. The third-order valence-electron chi connectivity index (χ3n) is 2.19. The molecule has 0 saturated heterocycles. The lowest BCUT2D eigenvalue weighted by molar-refractivity contribution is 0.129. The minimum Gasteiger partial charge on any atom is -0.445 e. The van der Waals surface area contributed by atoms with Gasteiger partial charge < -0.3 is 15.2 Å². The number of aliphatic hydroxyl groups excluding tert-OH is 1. The molecular formula is C12H17NO5S. The Morgan fingerprint density at radius 2 is 2.00 bits per heavy atom. The van der Waals surface area contributed by atoms with E-state index in [1.165, 1.54) is 0 Å². The number of benzene rings is 1.